The lowest BCUT2D eigenvalue weighted by atomic mass is 9.83. The predicted octanol–water partition coefficient (Wildman–Crippen LogP) is 3.76. The van der Waals surface area contributed by atoms with Crippen molar-refractivity contribution >= 4 is 0 Å². The maximum absolute atomic E-state index is 9.74. The average molecular weight is 352 g/mol. The van der Waals surface area contributed by atoms with Crippen molar-refractivity contribution in [2.24, 2.45) is 5.73 Å². The molecule has 1 aliphatic heterocycles. The number of nitriles is 1. The van der Waals surface area contributed by atoms with Crippen LogP contribution in [0.4, 0.5) is 0 Å². The van der Waals surface area contributed by atoms with E-state index in [4.69, 9.17) is 15.2 Å². The highest BCUT2D eigenvalue weighted by molar-refractivity contribution is 5.58. The van der Waals surface area contributed by atoms with E-state index in [-0.39, 0.29) is 11.8 Å². The highest BCUT2D eigenvalue weighted by atomic mass is 16.5. The number of ether oxygens (including phenoxy) is 2. The van der Waals surface area contributed by atoms with E-state index in [1.807, 2.05) is 24.3 Å². The van der Waals surface area contributed by atoms with Crippen LogP contribution < -0.4 is 15.2 Å². The molecule has 0 spiro atoms. The van der Waals surface area contributed by atoms with Gasteiger partial charge in [-0.3, -0.25) is 5.10 Å². The Labute approximate surface area is 153 Å². The number of benzene rings is 1. The Morgan fingerprint density at radius 3 is 2.85 bits per heavy atom. The Morgan fingerprint density at radius 2 is 2.12 bits per heavy atom. The number of rotatable bonds is 7. The van der Waals surface area contributed by atoms with Gasteiger partial charge in [0.2, 0.25) is 11.8 Å². The zero-order valence-corrected chi connectivity index (χ0v) is 15.2. The first kappa shape index (κ1) is 17.9. The molecule has 0 bridgehead atoms. The molecular weight excluding hydrogens is 328 g/mol. The van der Waals surface area contributed by atoms with E-state index in [9.17, 15) is 5.26 Å². The fraction of sp³-hybridized carbons (Fsp3) is 0.400. The topological polar surface area (TPSA) is 96.9 Å². The Balaban J connectivity index is 2.11. The maximum atomic E-state index is 9.74. The molecule has 1 aromatic carbocycles. The van der Waals surface area contributed by atoms with Gasteiger partial charge in [0.25, 0.3) is 0 Å². The Morgan fingerprint density at radius 1 is 1.31 bits per heavy atom. The first-order valence-electron chi connectivity index (χ1n) is 9.07. The molecule has 6 heteroatoms. The molecular formula is C20H24N4O2. The first-order chi connectivity index (χ1) is 12.7. The molecule has 26 heavy (non-hydrogen) atoms. The van der Waals surface area contributed by atoms with Crippen molar-refractivity contribution in [1.29, 1.82) is 5.26 Å². The van der Waals surface area contributed by atoms with Crippen molar-refractivity contribution in [3.8, 4) is 17.7 Å². The Kier molecular flexibility index (Phi) is 5.47. The number of unbranched alkanes of at least 4 members (excludes halogenated alkanes) is 1. The van der Waals surface area contributed by atoms with Gasteiger partial charge in [-0.05, 0) is 18.9 Å². The second kappa shape index (κ2) is 7.96. The number of hydrogen-bond acceptors (Lipinski definition) is 5. The van der Waals surface area contributed by atoms with E-state index in [1.54, 1.807) is 0 Å². The average Bonchev–Trinajstić information content (AvgIpc) is 3.04. The van der Waals surface area contributed by atoms with E-state index in [0.29, 0.717) is 18.1 Å². The van der Waals surface area contributed by atoms with Crippen molar-refractivity contribution in [1.82, 2.24) is 10.2 Å². The van der Waals surface area contributed by atoms with Gasteiger partial charge in [0.1, 0.15) is 17.4 Å². The molecule has 0 aliphatic carbocycles. The number of hydrogen-bond donors (Lipinski definition) is 2. The van der Waals surface area contributed by atoms with Crippen LogP contribution in [0, 0.1) is 11.3 Å². The monoisotopic (exact) mass is 352 g/mol. The van der Waals surface area contributed by atoms with Gasteiger partial charge in [-0.15, -0.1) is 5.10 Å². The summed E-state index contributed by atoms with van der Waals surface area (Å²) in [5.41, 5.74) is 9.17. The summed E-state index contributed by atoms with van der Waals surface area (Å²) in [6.45, 7) is 4.86. The molecule has 0 fully saturated rings. The van der Waals surface area contributed by atoms with Crippen molar-refractivity contribution in [2.75, 3.05) is 6.61 Å². The molecule has 1 aliphatic rings. The van der Waals surface area contributed by atoms with Gasteiger partial charge in [0.05, 0.1) is 18.1 Å². The number of nitrogens with zero attached hydrogens (tertiary/aromatic N) is 2. The van der Waals surface area contributed by atoms with E-state index < -0.39 is 0 Å². The smallest absolute Gasteiger partial charge is 0.244 e. The highest BCUT2D eigenvalue weighted by Crippen LogP contribution is 2.45. The van der Waals surface area contributed by atoms with Crippen LogP contribution in [-0.4, -0.2) is 16.8 Å². The molecule has 0 unspecified atom stereocenters. The summed E-state index contributed by atoms with van der Waals surface area (Å²) in [5.74, 6) is 0.964. The second-order valence-electron chi connectivity index (χ2n) is 6.34. The molecule has 0 amide bonds. The fourth-order valence-electron chi connectivity index (χ4n) is 3.24. The summed E-state index contributed by atoms with van der Waals surface area (Å²) in [4.78, 5) is 0. The standard InChI is InChI=1S/C20H24N4O2/c1-3-5-11-25-16-10-7-6-9-13(16)17-14(12-21)19(22)26-20-18(17)15(8-4-2)23-24-20/h6-7,9-10,17H,3-5,8,11,22H2,1-2H3,(H,23,24)/t17-/m1/s1. The Hall–Kier alpha value is -2.94. The van der Waals surface area contributed by atoms with Crippen LogP contribution in [0.3, 0.4) is 0 Å². The van der Waals surface area contributed by atoms with E-state index in [0.717, 1.165) is 48.3 Å². The lowest BCUT2D eigenvalue weighted by Gasteiger charge is -2.25. The summed E-state index contributed by atoms with van der Waals surface area (Å²) in [6, 6.07) is 10.0. The summed E-state index contributed by atoms with van der Waals surface area (Å²) in [7, 11) is 0. The number of aromatic nitrogens is 2. The van der Waals surface area contributed by atoms with Crippen LogP contribution in [0.5, 0.6) is 11.6 Å². The summed E-state index contributed by atoms with van der Waals surface area (Å²) < 4.78 is 11.6. The largest absolute Gasteiger partial charge is 0.493 e. The van der Waals surface area contributed by atoms with Crippen molar-refractivity contribution in [2.45, 2.75) is 45.4 Å². The van der Waals surface area contributed by atoms with Crippen molar-refractivity contribution in [3.05, 3.63) is 52.5 Å². The number of para-hydroxylation sites is 1. The summed E-state index contributed by atoms with van der Waals surface area (Å²) in [5, 5.41) is 17.1. The van der Waals surface area contributed by atoms with Gasteiger partial charge in [0, 0.05) is 11.3 Å². The van der Waals surface area contributed by atoms with Crippen LogP contribution in [0.1, 0.15) is 55.8 Å². The molecule has 3 rings (SSSR count). The molecule has 3 N–H and O–H groups in total. The number of nitrogens with two attached hydrogens (primary N) is 1. The van der Waals surface area contributed by atoms with Crippen LogP contribution in [0.25, 0.3) is 0 Å². The molecule has 0 radical (unpaired) electrons. The lowest BCUT2D eigenvalue weighted by Crippen LogP contribution is -2.21. The summed E-state index contributed by atoms with van der Waals surface area (Å²) in [6.07, 6.45) is 3.81. The normalized spacial score (nSPS) is 16.0. The number of allylic oxidation sites excluding steroid dienone is 1. The minimum atomic E-state index is -0.345. The Bertz CT molecular complexity index is 848. The minimum Gasteiger partial charge on any atom is -0.493 e. The second-order valence-corrected chi connectivity index (χ2v) is 6.34. The van der Waals surface area contributed by atoms with Crippen LogP contribution in [-0.2, 0) is 6.42 Å². The number of H-pyrrole nitrogens is 1. The SMILES string of the molecule is CCCCOc1ccccc1[C@@H]1C(C#N)=C(N)Oc2n[nH]c(CCC)c21. The third-order valence-corrected chi connectivity index (χ3v) is 4.50. The molecule has 0 saturated carbocycles. The maximum Gasteiger partial charge on any atom is 0.244 e. The van der Waals surface area contributed by atoms with E-state index >= 15 is 0 Å². The number of aryl methyl sites for hydroxylation is 1. The number of nitrogens with one attached hydrogen (secondary N) is 1. The van der Waals surface area contributed by atoms with Gasteiger partial charge in [-0.2, -0.15) is 5.26 Å². The molecule has 1 aromatic heterocycles. The van der Waals surface area contributed by atoms with Crippen molar-refractivity contribution in [3.63, 3.8) is 0 Å². The van der Waals surface area contributed by atoms with Gasteiger partial charge >= 0.3 is 0 Å². The molecule has 136 valence electrons. The zero-order valence-electron chi connectivity index (χ0n) is 15.2. The van der Waals surface area contributed by atoms with Crippen LogP contribution in [0.15, 0.2) is 35.7 Å². The van der Waals surface area contributed by atoms with E-state index in [2.05, 4.69) is 30.1 Å². The number of fused-ring (bicyclic) bond motifs is 1. The number of aromatic amines is 1. The molecule has 6 nitrogen and oxygen atoms in total. The fourth-order valence-corrected chi connectivity index (χ4v) is 3.24. The van der Waals surface area contributed by atoms with Gasteiger partial charge < -0.3 is 15.2 Å². The predicted molar refractivity (Wildman–Crippen MR) is 98.7 cm³/mol. The summed E-state index contributed by atoms with van der Waals surface area (Å²) >= 11 is 0. The van der Waals surface area contributed by atoms with Gasteiger partial charge in [-0.25, -0.2) is 0 Å². The third-order valence-electron chi connectivity index (χ3n) is 4.50. The highest BCUT2D eigenvalue weighted by Gasteiger charge is 2.36. The molecule has 1 atom stereocenters. The minimum absolute atomic E-state index is 0.0999. The van der Waals surface area contributed by atoms with Crippen LogP contribution >= 0.6 is 0 Å². The van der Waals surface area contributed by atoms with E-state index in [1.165, 1.54) is 0 Å². The van der Waals surface area contributed by atoms with Crippen LogP contribution in [0.2, 0.25) is 0 Å². The molecule has 0 saturated heterocycles. The van der Waals surface area contributed by atoms with Gasteiger partial charge in [0.15, 0.2) is 0 Å². The van der Waals surface area contributed by atoms with Gasteiger partial charge in [-0.1, -0.05) is 44.9 Å². The van der Waals surface area contributed by atoms with Crippen molar-refractivity contribution < 1.29 is 9.47 Å². The molecule has 2 heterocycles. The first-order valence-corrected chi connectivity index (χ1v) is 9.07. The quantitative estimate of drug-likeness (QED) is 0.740. The zero-order chi connectivity index (χ0) is 18.5. The molecule has 2 aromatic rings. The third kappa shape index (κ3) is 3.25. The lowest BCUT2D eigenvalue weighted by molar-refractivity contribution is 0.305.